The molecule has 0 aliphatic rings. The van der Waals surface area contributed by atoms with Crippen LogP contribution in [0.15, 0.2) is 4.99 Å². The van der Waals surface area contributed by atoms with Crippen molar-refractivity contribution in [2.75, 3.05) is 6.54 Å². The molecule has 0 heterocycles. The van der Waals surface area contributed by atoms with Gasteiger partial charge in [-0.25, -0.2) is 0 Å². The molecule has 3 heteroatoms. The van der Waals surface area contributed by atoms with Crippen molar-refractivity contribution >= 4 is 5.96 Å². The first-order valence-electron chi connectivity index (χ1n) is 6.12. The Balaban J connectivity index is 3.65. The lowest BCUT2D eigenvalue weighted by Crippen LogP contribution is -2.38. The molecule has 0 saturated heterocycles. The van der Waals surface area contributed by atoms with E-state index >= 15 is 0 Å². The molecule has 0 rings (SSSR count). The fraction of sp³-hybridized carbons (Fsp3) is 0.917. The minimum absolute atomic E-state index is 0.437. The molecule has 15 heavy (non-hydrogen) atoms. The van der Waals surface area contributed by atoms with Crippen LogP contribution in [-0.2, 0) is 0 Å². The molecule has 3 N–H and O–H groups in total. The summed E-state index contributed by atoms with van der Waals surface area (Å²) in [6, 6.07) is 0.437. The van der Waals surface area contributed by atoms with E-state index < -0.39 is 0 Å². The fourth-order valence-electron chi connectivity index (χ4n) is 1.35. The molecular formula is C12H27N3. The third-order valence-corrected chi connectivity index (χ3v) is 2.26. The second-order valence-electron chi connectivity index (χ2n) is 4.66. The normalized spacial score (nSPS) is 14.3. The predicted molar refractivity (Wildman–Crippen MR) is 68.1 cm³/mol. The summed E-state index contributed by atoms with van der Waals surface area (Å²) in [5.41, 5.74) is 5.77. The zero-order valence-electron chi connectivity index (χ0n) is 10.7. The molecule has 0 bridgehead atoms. The summed E-state index contributed by atoms with van der Waals surface area (Å²) in [5.74, 6) is 1.16. The lowest BCUT2D eigenvalue weighted by molar-refractivity contribution is 0.550. The van der Waals surface area contributed by atoms with Gasteiger partial charge in [0.1, 0.15) is 0 Å². The monoisotopic (exact) mass is 213 g/mol. The Hall–Kier alpha value is -0.730. The van der Waals surface area contributed by atoms with Gasteiger partial charge in [-0.15, -0.1) is 0 Å². The maximum atomic E-state index is 5.77. The minimum atomic E-state index is 0.437. The third-order valence-electron chi connectivity index (χ3n) is 2.26. The van der Waals surface area contributed by atoms with Crippen LogP contribution in [0.4, 0.5) is 0 Å². The number of nitrogens with one attached hydrogen (secondary N) is 1. The number of rotatable bonds is 7. The van der Waals surface area contributed by atoms with Crippen molar-refractivity contribution in [3.8, 4) is 0 Å². The Morgan fingerprint density at radius 2 is 1.93 bits per heavy atom. The zero-order chi connectivity index (χ0) is 11.7. The molecule has 0 aliphatic carbocycles. The number of hydrogen-bond donors (Lipinski definition) is 2. The van der Waals surface area contributed by atoms with Crippen LogP contribution in [-0.4, -0.2) is 18.5 Å². The number of guanidine groups is 1. The van der Waals surface area contributed by atoms with E-state index in [1.165, 1.54) is 25.7 Å². The summed E-state index contributed by atoms with van der Waals surface area (Å²) < 4.78 is 0. The van der Waals surface area contributed by atoms with Crippen LogP contribution in [0.5, 0.6) is 0 Å². The van der Waals surface area contributed by atoms with Gasteiger partial charge >= 0.3 is 0 Å². The summed E-state index contributed by atoms with van der Waals surface area (Å²) >= 11 is 0. The molecule has 0 radical (unpaired) electrons. The Labute approximate surface area is 94.5 Å². The van der Waals surface area contributed by atoms with Crippen LogP contribution >= 0.6 is 0 Å². The van der Waals surface area contributed by atoms with Gasteiger partial charge in [0.25, 0.3) is 0 Å². The van der Waals surface area contributed by atoms with Gasteiger partial charge in [-0.2, -0.15) is 0 Å². The quantitative estimate of drug-likeness (QED) is 0.388. The van der Waals surface area contributed by atoms with Gasteiger partial charge < -0.3 is 11.1 Å². The molecule has 3 nitrogen and oxygen atoms in total. The molecular weight excluding hydrogens is 186 g/mol. The van der Waals surface area contributed by atoms with E-state index in [1.807, 2.05) is 0 Å². The molecule has 0 amide bonds. The minimum Gasteiger partial charge on any atom is -0.370 e. The van der Waals surface area contributed by atoms with Gasteiger partial charge in [0.2, 0.25) is 0 Å². The first-order valence-corrected chi connectivity index (χ1v) is 6.12. The molecule has 0 aromatic carbocycles. The highest BCUT2D eigenvalue weighted by Crippen LogP contribution is 2.02. The van der Waals surface area contributed by atoms with Gasteiger partial charge in [0, 0.05) is 12.6 Å². The van der Waals surface area contributed by atoms with Crippen molar-refractivity contribution in [2.24, 2.45) is 16.6 Å². The average Bonchev–Trinajstić information content (AvgIpc) is 2.15. The van der Waals surface area contributed by atoms with Gasteiger partial charge in [-0.1, -0.05) is 40.0 Å². The van der Waals surface area contributed by atoms with Crippen molar-refractivity contribution in [2.45, 2.75) is 59.4 Å². The van der Waals surface area contributed by atoms with Crippen molar-refractivity contribution in [3.05, 3.63) is 0 Å². The summed E-state index contributed by atoms with van der Waals surface area (Å²) in [6.07, 6.45) is 5.01. The maximum absolute atomic E-state index is 5.77. The number of nitrogens with zero attached hydrogens (tertiary/aromatic N) is 1. The second kappa shape index (κ2) is 8.57. The van der Waals surface area contributed by atoms with Crippen LogP contribution in [0.25, 0.3) is 0 Å². The Morgan fingerprint density at radius 3 is 2.47 bits per heavy atom. The summed E-state index contributed by atoms with van der Waals surface area (Å²) in [5, 5.41) is 3.22. The van der Waals surface area contributed by atoms with E-state index in [0.717, 1.165) is 6.54 Å². The van der Waals surface area contributed by atoms with Gasteiger partial charge in [-0.05, 0) is 19.3 Å². The maximum Gasteiger partial charge on any atom is 0.188 e. The molecule has 0 aliphatic heterocycles. The Morgan fingerprint density at radius 1 is 1.27 bits per heavy atom. The van der Waals surface area contributed by atoms with Crippen molar-refractivity contribution in [1.82, 2.24) is 5.32 Å². The van der Waals surface area contributed by atoms with E-state index in [-0.39, 0.29) is 0 Å². The number of unbranched alkanes of at least 4 members (excludes halogenated alkanes) is 2. The molecule has 0 aromatic rings. The number of nitrogens with two attached hydrogens (primary N) is 1. The fourth-order valence-corrected chi connectivity index (χ4v) is 1.35. The highest BCUT2D eigenvalue weighted by atomic mass is 15.1. The van der Waals surface area contributed by atoms with Crippen LogP contribution in [0.1, 0.15) is 53.4 Å². The largest absolute Gasteiger partial charge is 0.370 e. The summed E-state index contributed by atoms with van der Waals surface area (Å²) in [7, 11) is 0. The molecule has 0 aromatic heterocycles. The lowest BCUT2D eigenvalue weighted by Gasteiger charge is -2.14. The highest BCUT2D eigenvalue weighted by Gasteiger charge is 2.02. The molecule has 0 saturated carbocycles. The number of aliphatic imine (C=N–C) groups is 1. The Kier molecular flexibility index (Phi) is 8.15. The second-order valence-corrected chi connectivity index (χ2v) is 4.66. The standard InChI is InChI=1S/C12H27N3/c1-5-6-7-8-11(4)15-12(13)14-9-10(2)3/h10-11H,5-9H2,1-4H3,(H3,13,14,15). The van der Waals surface area contributed by atoms with Gasteiger partial charge in [-0.3, -0.25) is 4.99 Å². The number of hydrogen-bond acceptors (Lipinski definition) is 1. The topological polar surface area (TPSA) is 50.4 Å². The SMILES string of the molecule is CCCCCC(C)NC(N)=NCC(C)C. The smallest absolute Gasteiger partial charge is 0.188 e. The van der Waals surface area contributed by atoms with Crippen LogP contribution in [0.2, 0.25) is 0 Å². The third kappa shape index (κ3) is 9.57. The first kappa shape index (κ1) is 14.3. The lowest BCUT2D eigenvalue weighted by atomic mass is 10.1. The summed E-state index contributed by atoms with van der Waals surface area (Å²) in [4.78, 5) is 4.28. The summed E-state index contributed by atoms with van der Waals surface area (Å²) in [6.45, 7) is 9.47. The molecule has 1 atom stereocenters. The van der Waals surface area contributed by atoms with E-state index in [2.05, 4.69) is 38.0 Å². The van der Waals surface area contributed by atoms with Crippen molar-refractivity contribution < 1.29 is 0 Å². The average molecular weight is 213 g/mol. The van der Waals surface area contributed by atoms with Crippen molar-refractivity contribution in [3.63, 3.8) is 0 Å². The van der Waals surface area contributed by atoms with Crippen LogP contribution in [0, 0.1) is 5.92 Å². The van der Waals surface area contributed by atoms with E-state index in [1.54, 1.807) is 0 Å². The van der Waals surface area contributed by atoms with E-state index in [0.29, 0.717) is 17.9 Å². The molecule has 0 fully saturated rings. The van der Waals surface area contributed by atoms with Crippen molar-refractivity contribution in [1.29, 1.82) is 0 Å². The molecule has 90 valence electrons. The van der Waals surface area contributed by atoms with E-state index in [9.17, 15) is 0 Å². The van der Waals surface area contributed by atoms with Crippen LogP contribution < -0.4 is 11.1 Å². The van der Waals surface area contributed by atoms with Crippen LogP contribution in [0.3, 0.4) is 0 Å². The Bertz CT molecular complexity index is 176. The zero-order valence-corrected chi connectivity index (χ0v) is 10.7. The molecule has 0 spiro atoms. The first-order chi connectivity index (χ1) is 7.06. The predicted octanol–water partition coefficient (Wildman–Crippen LogP) is 2.52. The van der Waals surface area contributed by atoms with E-state index in [4.69, 9.17) is 5.73 Å². The van der Waals surface area contributed by atoms with Gasteiger partial charge in [0.15, 0.2) is 5.96 Å². The molecule has 1 unspecified atom stereocenters. The highest BCUT2D eigenvalue weighted by molar-refractivity contribution is 5.78. The van der Waals surface area contributed by atoms with Gasteiger partial charge in [0.05, 0.1) is 0 Å².